The van der Waals surface area contributed by atoms with Crippen molar-refractivity contribution in [2.24, 2.45) is 10.1 Å². The molecule has 5 nitrogen and oxygen atoms in total. The van der Waals surface area contributed by atoms with Crippen LogP contribution in [-0.4, -0.2) is 47.4 Å². The number of piperidine rings is 1. The molecule has 0 unspecified atom stereocenters. The van der Waals surface area contributed by atoms with Gasteiger partial charge >= 0.3 is 5.97 Å². The second-order valence-corrected chi connectivity index (χ2v) is 5.55. The highest BCUT2D eigenvalue weighted by atomic mass is 35.5. The average molecular weight is 350 g/mol. The molecule has 23 heavy (non-hydrogen) atoms. The Balaban J connectivity index is 2.95. The number of hydrogen-bond acceptors (Lipinski definition) is 4. The maximum Gasteiger partial charge on any atom is 0.332 e. The maximum atomic E-state index is 13.3. The highest BCUT2D eigenvalue weighted by Crippen LogP contribution is 2.29. The van der Waals surface area contributed by atoms with Crippen molar-refractivity contribution in [1.82, 2.24) is 4.90 Å². The quantitative estimate of drug-likeness (QED) is 0.330. The number of alkyl halides is 2. The Kier molecular flexibility index (Phi) is 7.61. The number of carbonyl (C=O) groups excluding carboxylic acids is 1. The molecule has 1 saturated heterocycles. The third-order valence-electron chi connectivity index (χ3n) is 3.33. The lowest BCUT2D eigenvalue weighted by Crippen LogP contribution is -2.43. The number of likely N-dealkylation sites (tertiary alicyclic amines) is 1. The summed E-state index contributed by atoms with van der Waals surface area (Å²) in [6, 6.07) is 0. The van der Waals surface area contributed by atoms with E-state index in [9.17, 15) is 13.6 Å². The lowest BCUT2D eigenvalue weighted by atomic mass is 10.0. The van der Waals surface area contributed by atoms with Gasteiger partial charge in [0, 0.05) is 39.4 Å². The second-order valence-electron chi connectivity index (χ2n) is 5.16. The fourth-order valence-corrected chi connectivity index (χ4v) is 2.37. The van der Waals surface area contributed by atoms with E-state index in [1.807, 2.05) is 18.7 Å². The van der Waals surface area contributed by atoms with Gasteiger partial charge in [0.1, 0.15) is 5.84 Å². The minimum absolute atomic E-state index is 0.00296. The first-order valence-electron chi connectivity index (χ1n) is 7.58. The Labute approximate surface area is 140 Å². The summed E-state index contributed by atoms with van der Waals surface area (Å²) in [5.74, 6) is -2.55. The van der Waals surface area contributed by atoms with Crippen molar-refractivity contribution in [3.05, 3.63) is 11.6 Å². The third-order valence-corrected chi connectivity index (χ3v) is 3.50. The van der Waals surface area contributed by atoms with Crippen molar-refractivity contribution in [2.45, 2.75) is 46.0 Å². The van der Waals surface area contributed by atoms with Crippen LogP contribution in [0.3, 0.4) is 0 Å². The van der Waals surface area contributed by atoms with Crippen molar-refractivity contribution in [1.29, 1.82) is 0 Å². The van der Waals surface area contributed by atoms with Gasteiger partial charge in [-0.1, -0.05) is 23.7 Å². The molecular formula is C15H22ClF2N3O2. The van der Waals surface area contributed by atoms with Crippen molar-refractivity contribution >= 4 is 28.6 Å². The zero-order chi connectivity index (χ0) is 17.5. The topological polar surface area (TPSA) is 54.3 Å². The monoisotopic (exact) mass is 349 g/mol. The van der Waals surface area contributed by atoms with Crippen LogP contribution in [0.5, 0.6) is 0 Å². The van der Waals surface area contributed by atoms with E-state index in [2.05, 4.69) is 15.0 Å². The summed E-state index contributed by atoms with van der Waals surface area (Å²) >= 11 is 5.93. The van der Waals surface area contributed by atoms with E-state index in [0.717, 1.165) is 5.57 Å². The lowest BCUT2D eigenvalue weighted by Gasteiger charge is -2.34. The Hall–Kier alpha value is -1.50. The highest BCUT2D eigenvalue weighted by Gasteiger charge is 2.35. The van der Waals surface area contributed by atoms with Gasteiger partial charge in [0.15, 0.2) is 5.17 Å². The van der Waals surface area contributed by atoms with E-state index < -0.39 is 11.9 Å². The molecule has 0 radical (unpaired) electrons. The fourth-order valence-electron chi connectivity index (χ4n) is 2.20. The highest BCUT2D eigenvalue weighted by molar-refractivity contribution is 6.68. The Morgan fingerprint density at radius 1 is 1.35 bits per heavy atom. The molecule has 0 aromatic heterocycles. The van der Waals surface area contributed by atoms with Crippen molar-refractivity contribution in [3.63, 3.8) is 0 Å². The summed E-state index contributed by atoms with van der Waals surface area (Å²) in [7, 11) is 0. The summed E-state index contributed by atoms with van der Waals surface area (Å²) in [5.41, 5.74) is 0.762. The smallest absolute Gasteiger partial charge is 0.332 e. The third kappa shape index (κ3) is 6.64. The SMILES string of the molecule is CC\N=C(/C(=C/C(Cl)=N\OC(C)=O)CC)N1CCC(F)(F)CC1. The predicted octanol–water partition coefficient (Wildman–Crippen LogP) is 3.59. The molecule has 0 aromatic rings. The van der Waals surface area contributed by atoms with Crippen LogP contribution in [0.2, 0.25) is 0 Å². The van der Waals surface area contributed by atoms with Crippen LogP contribution in [0, 0.1) is 0 Å². The Morgan fingerprint density at radius 2 is 1.96 bits per heavy atom. The van der Waals surface area contributed by atoms with Gasteiger partial charge in [0.25, 0.3) is 5.92 Å². The Bertz CT molecular complexity index is 509. The van der Waals surface area contributed by atoms with Gasteiger partial charge in [-0.2, -0.15) is 0 Å². The van der Waals surface area contributed by atoms with E-state index in [1.165, 1.54) is 6.92 Å². The number of nitrogens with zero attached hydrogens (tertiary/aromatic N) is 3. The van der Waals surface area contributed by atoms with Crippen LogP contribution in [0.4, 0.5) is 8.78 Å². The molecule has 0 N–H and O–H groups in total. The number of hydrogen-bond donors (Lipinski definition) is 0. The number of carbonyl (C=O) groups is 1. The molecule has 1 aliphatic rings. The average Bonchev–Trinajstić information content (AvgIpc) is 2.49. The summed E-state index contributed by atoms with van der Waals surface area (Å²) in [4.78, 5) is 21.5. The minimum Gasteiger partial charge on any atom is -0.356 e. The van der Waals surface area contributed by atoms with Crippen LogP contribution in [-0.2, 0) is 9.63 Å². The first-order valence-corrected chi connectivity index (χ1v) is 7.96. The normalized spacial score (nSPS) is 19.7. The first-order chi connectivity index (χ1) is 10.8. The number of amidine groups is 1. The lowest BCUT2D eigenvalue weighted by molar-refractivity contribution is -0.140. The predicted molar refractivity (Wildman–Crippen MR) is 87.2 cm³/mol. The van der Waals surface area contributed by atoms with Gasteiger partial charge in [-0.3, -0.25) is 4.99 Å². The zero-order valence-corrected chi connectivity index (χ0v) is 14.4. The van der Waals surface area contributed by atoms with Crippen molar-refractivity contribution < 1.29 is 18.4 Å². The molecule has 0 amide bonds. The van der Waals surface area contributed by atoms with Gasteiger partial charge in [-0.25, -0.2) is 13.6 Å². The minimum atomic E-state index is -2.61. The van der Waals surface area contributed by atoms with Gasteiger partial charge in [-0.15, -0.1) is 0 Å². The van der Waals surface area contributed by atoms with E-state index >= 15 is 0 Å². The molecular weight excluding hydrogens is 328 g/mol. The number of oxime groups is 1. The molecule has 1 rings (SSSR count). The van der Waals surface area contributed by atoms with Gasteiger partial charge < -0.3 is 9.74 Å². The van der Waals surface area contributed by atoms with E-state index in [0.29, 0.717) is 18.8 Å². The number of halogens is 3. The summed E-state index contributed by atoms with van der Waals surface area (Å²) in [6.07, 6.45) is 1.76. The molecule has 0 bridgehead atoms. The van der Waals surface area contributed by atoms with E-state index in [-0.39, 0.29) is 31.1 Å². The van der Waals surface area contributed by atoms with Crippen LogP contribution < -0.4 is 0 Å². The van der Waals surface area contributed by atoms with Gasteiger partial charge in [-0.05, 0) is 25.0 Å². The zero-order valence-electron chi connectivity index (χ0n) is 13.6. The molecule has 1 fully saturated rings. The molecule has 1 heterocycles. The molecule has 0 saturated carbocycles. The largest absolute Gasteiger partial charge is 0.356 e. The molecule has 0 atom stereocenters. The number of rotatable bonds is 5. The van der Waals surface area contributed by atoms with Crippen molar-refractivity contribution in [2.75, 3.05) is 19.6 Å². The molecule has 8 heteroatoms. The summed E-state index contributed by atoms with van der Waals surface area (Å²) in [6.45, 7) is 6.00. The van der Waals surface area contributed by atoms with E-state index in [4.69, 9.17) is 11.6 Å². The van der Waals surface area contributed by atoms with Gasteiger partial charge in [0.2, 0.25) is 0 Å². The Morgan fingerprint density at radius 3 is 2.43 bits per heavy atom. The first kappa shape index (κ1) is 19.5. The number of aliphatic imine (C=N–C) groups is 1. The molecule has 0 spiro atoms. The van der Waals surface area contributed by atoms with Crippen LogP contribution in [0.15, 0.2) is 21.8 Å². The number of allylic oxidation sites excluding steroid dienone is 1. The molecule has 130 valence electrons. The molecule has 0 aromatic carbocycles. The fraction of sp³-hybridized carbons (Fsp3) is 0.667. The van der Waals surface area contributed by atoms with Gasteiger partial charge in [0.05, 0.1) is 0 Å². The summed E-state index contributed by atoms with van der Waals surface area (Å²) < 4.78 is 26.7. The standard InChI is InChI=1S/C15H22ClF2N3O2/c1-4-12(10-13(16)20-23-11(3)22)14(19-5-2)21-8-6-15(17,18)7-9-21/h10H,4-9H2,1-3H3/b12-10+,19-14+,20-13+. The molecule has 0 aliphatic carbocycles. The molecule has 1 aliphatic heterocycles. The second kappa shape index (κ2) is 8.96. The van der Waals surface area contributed by atoms with Crippen LogP contribution in [0.25, 0.3) is 0 Å². The van der Waals surface area contributed by atoms with Crippen LogP contribution in [0.1, 0.15) is 40.0 Å². The van der Waals surface area contributed by atoms with Crippen molar-refractivity contribution in [3.8, 4) is 0 Å². The van der Waals surface area contributed by atoms with E-state index in [1.54, 1.807) is 6.08 Å². The maximum absolute atomic E-state index is 13.3. The van der Waals surface area contributed by atoms with Crippen LogP contribution >= 0.6 is 11.6 Å². The summed E-state index contributed by atoms with van der Waals surface area (Å²) in [5, 5.41) is 3.49.